The van der Waals surface area contributed by atoms with Gasteiger partial charge in [-0.25, -0.2) is 8.42 Å². The molecule has 0 aliphatic carbocycles. The molecule has 0 unspecified atom stereocenters. The molecular weight excluding hydrogens is 326 g/mol. The SMILES string of the molecule is CCCOc1ccc(C=CC(=O)NCCS(=O)(=O)C(C)(C)C)cc1. The topological polar surface area (TPSA) is 72.5 Å². The van der Waals surface area contributed by atoms with Crippen molar-refractivity contribution in [3.63, 3.8) is 0 Å². The molecule has 0 aliphatic rings. The number of carbonyl (C=O) groups excluding carboxylic acids is 1. The van der Waals surface area contributed by atoms with Gasteiger partial charge in [0.2, 0.25) is 5.91 Å². The smallest absolute Gasteiger partial charge is 0.244 e. The first-order chi connectivity index (χ1) is 11.2. The van der Waals surface area contributed by atoms with Crippen molar-refractivity contribution in [2.45, 2.75) is 38.9 Å². The molecule has 0 aromatic heterocycles. The number of amides is 1. The minimum Gasteiger partial charge on any atom is -0.494 e. The molecule has 1 rings (SSSR count). The van der Waals surface area contributed by atoms with E-state index in [2.05, 4.69) is 5.32 Å². The Balaban J connectivity index is 2.46. The first-order valence-corrected chi connectivity index (χ1v) is 9.72. The Labute approximate surface area is 145 Å². The van der Waals surface area contributed by atoms with Gasteiger partial charge in [0.05, 0.1) is 17.1 Å². The number of nitrogens with one attached hydrogen (secondary N) is 1. The van der Waals surface area contributed by atoms with E-state index in [1.54, 1.807) is 26.8 Å². The van der Waals surface area contributed by atoms with Crippen molar-refractivity contribution in [3.8, 4) is 5.75 Å². The second kappa shape index (κ2) is 8.87. The van der Waals surface area contributed by atoms with Crippen LogP contribution in [0.4, 0.5) is 0 Å². The van der Waals surface area contributed by atoms with Crippen molar-refractivity contribution < 1.29 is 17.9 Å². The van der Waals surface area contributed by atoms with Crippen LogP contribution < -0.4 is 10.1 Å². The fourth-order valence-electron chi connectivity index (χ4n) is 1.74. The van der Waals surface area contributed by atoms with Gasteiger partial charge in [-0.1, -0.05) is 19.1 Å². The lowest BCUT2D eigenvalue weighted by Gasteiger charge is -2.18. The highest BCUT2D eigenvalue weighted by Gasteiger charge is 2.28. The van der Waals surface area contributed by atoms with Crippen LogP contribution in [0.2, 0.25) is 0 Å². The third-order valence-corrected chi connectivity index (χ3v) is 5.99. The Kier molecular flexibility index (Phi) is 7.48. The monoisotopic (exact) mass is 353 g/mol. The number of hydrogen-bond donors (Lipinski definition) is 1. The van der Waals surface area contributed by atoms with Crippen molar-refractivity contribution in [3.05, 3.63) is 35.9 Å². The van der Waals surface area contributed by atoms with Gasteiger partial charge in [0.15, 0.2) is 9.84 Å². The lowest BCUT2D eigenvalue weighted by molar-refractivity contribution is -0.116. The molecule has 5 nitrogen and oxygen atoms in total. The van der Waals surface area contributed by atoms with Crippen LogP contribution in [0.15, 0.2) is 30.3 Å². The number of sulfone groups is 1. The van der Waals surface area contributed by atoms with E-state index in [0.717, 1.165) is 17.7 Å². The molecule has 0 spiro atoms. The van der Waals surface area contributed by atoms with Gasteiger partial charge in [0.25, 0.3) is 0 Å². The van der Waals surface area contributed by atoms with Crippen LogP contribution in [0.5, 0.6) is 5.75 Å². The van der Waals surface area contributed by atoms with E-state index in [1.165, 1.54) is 6.08 Å². The first kappa shape index (κ1) is 20.2. The van der Waals surface area contributed by atoms with Crippen LogP contribution in [0, 0.1) is 0 Å². The third kappa shape index (κ3) is 6.74. The zero-order chi connectivity index (χ0) is 18.2. The predicted molar refractivity (Wildman–Crippen MR) is 97.8 cm³/mol. The summed E-state index contributed by atoms with van der Waals surface area (Å²) in [6, 6.07) is 7.42. The van der Waals surface area contributed by atoms with Crippen LogP contribution in [-0.4, -0.2) is 38.0 Å². The minimum absolute atomic E-state index is 0.0699. The second-order valence-corrected chi connectivity index (χ2v) is 9.34. The fourth-order valence-corrected chi connectivity index (χ4v) is 2.72. The number of rotatable bonds is 8. The van der Waals surface area contributed by atoms with Gasteiger partial charge in [-0.15, -0.1) is 0 Å². The molecule has 0 radical (unpaired) electrons. The number of benzene rings is 1. The standard InChI is InChI=1S/C18H27NO4S/c1-5-13-23-16-9-6-15(7-10-16)8-11-17(20)19-12-14-24(21,22)18(2,3)4/h6-11H,5,12-14H2,1-4H3,(H,19,20). The van der Waals surface area contributed by atoms with Gasteiger partial charge in [-0.2, -0.15) is 0 Å². The van der Waals surface area contributed by atoms with Crippen LogP contribution in [0.25, 0.3) is 6.08 Å². The Morgan fingerprint density at radius 1 is 1.21 bits per heavy atom. The van der Waals surface area contributed by atoms with E-state index in [4.69, 9.17) is 4.74 Å². The van der Waals surface area contributed by atoms with E-state index < -0.39 is 14.6 Å². The van der Waals surface area contributed by atoms with E-state index >= 15 is 0 Å². The van der Waals surface area contributed by atoms with Crippen LogP contribution >= 0.6 is 0 Å². The molecule has 0 saturated heterocycles. The van der Waals surface area contributed by atoms with Gasteiger partial charge >= 0.3 is 0 Å². The fraction of sp³-hybridized carbons (Fsp3) is 0.500. The lowest BCUT2D eigenvalue weighted by atomic mass is 10.2. The highest BCUT2D eigenvalue weighted by Crippen LogP contribution is 2.15. The average molecular weight is 353 g/mol. The summed E-state index contributed by atoms with van der Waals surface area (Å²) in [6.45, 7) is 7.78. The van der Waals surface area contributed by atoms with Crippen molar-refractivity contribution in [2.24, 2.45) is 0 Å². The number of ether oxygens (including phenoxy) is 1. The molecule has 1 aromatic rings. The molecule has 24 heavy (non-hydrogen) atoms. The Morgan fingerprint density at radius 2 is 1.83 bits per heavy atom. The second-order valence-electron chi connectivity index (χ2n) is 6.47. The van der Waals surface area contributed by atoms with Crippen LogP contribution in [-0.2, 0) is 14.6 Å². The molecule has 1 amide bonds. The summed E-state index contributed by atoms with van der Waals surface area (Å²) >= 11 is 0. The molecular formula is C18H27NO4S. The average Bonchev–Trinajstić information content (AvgIpc) is 2.50. The maximum atomic E-state index is 11.9. The van der Waals surface area contributed by atoms with Gasteiger partial charge in [-0.05, 0) is 51.0 Å². The maximum absolute atomic E-state index is 11.9. The summed E-state index contributed by atoms with van der Waals surface area (Å²) in [4.78, 5) is 11.7. The highest BCUT2D eigenvalue weighted by atomic mass is 32.2. The van der Waals surface area contributed by atoms with Gasteiger partial charge in [0.1, 0.15) is 5.75 Å². The van der Waals surface area contributed by atoms with Crippen LogP contribution in [0.3, 0.4) is 0 Å². The molecule has 0 heterocycles. The summed E-state index contributed by atoms with van der Waals surface area (Å²) in [7, 11) is -3.23. The number of carbonyl (C=O) groups is 1. The molecule has 134 valence electrons. The van der Waals surface area contributed by atoms with Crippen molar-refractivity contribution >= 4 is 21.8 Å². The van der Waals surface area contributed by atoms with E-state index in [0.29, 0.717) is 6.61 Å². The van der Waals surface area contributed by atoms with E-state index in [9.17, 15) is 13.2 Å². The molecule has 0 bridgehead atoms. The Bertz CT molecular complexity index is 655. The zero-order valence-corrected chi connectivity index (χ0v) is 15.7. The zero-order valence-electron chi connectivity index (χ0n) is 14.8. The molecule has 1 aromatic carbocycles. The van der Waals surface area contributed by atoms with E-state index in [-0.39, 0.29) is 18.2 Å². The normalized spacial score (nSPS) is 12.3. The first-order valence-electron chi connectivity index (χ1n) is 8.07. The summed E-state index contributed by atoms with van der Waals surface area (Å²) < 4.78 is 28.6. The molecule has 0 atom stereocenters. The summed E-state index contributed by atoms with van der Waals surface area (Å²) in [5.74, 6) is 0.413. The molecule has 0 aliphatic heterocycles. The maximum Gasteiger partial charge on any atom is 0.244 e. The molecule has 1 N–H and O–H groups in total. The number of hydrogen-bond acceptors (Lipinski definition) is 4. The summed E-state index contributed by atoms with van der Waals surface area (Å²) in [5, 5.41) is 2.59. The summed E-state index contributed by atoms with van der Waals surface area (Å²) in [6.07, 6.45) is 4.02. The van der Waals surface area contributed by atoms with Crippen molar-refractivity contribution in [1.29, 1.82) is 0 Å². The Morgan fingerprint density at radius 3 is 2.38 bits per heavy atom. The quantitative estimate of drug-likeness (QED) is 0.730. The van der Waals surface area contributed by atoms with Gasteiger partial charge < -0.3 is 10.1 Å². The Hall–Kier alpha value is -1.82. The lowest BCUT2D eigenvalue weighted by Crippen LogP contribution is -2.36. The van der Waals surface area contributed by atoms with E-state index in [1.807, 2.05) is 31.2 Å². The largest absolute Gasteiger partial charge is 0.494 e. The highest BCUT2D eigenvalue weighted by molar-refractivity contribution is 7.92. The van der Waals surface area contributed by atoms with Crippen molar-refractivity contribution in [2.75, 3.05) is 18.9 Å². The third-order valence-electron chi connectivity index (χ3n) is 3.38. The predicted octanol–water partition coefficient (Wildman–Crippen LogP) is 2.82. The van der Waals surface area contributed by atoms with Crippen LogP contribution in [0.1, 0.15) is 39.7 Å². The molecule has 0 saturated carbocycles. The van der Waals surface area contributed by atoms with Gasteiger partial charge in [0, 0.05) is 12.6 Å². The minimum atomic E-state index is -3.23. The van der Waals surface area contributed by atoms with Gasteiger partial charge in [-0.3, -0.25) is 4.79 Å². The molecule has 0 fully saturated rings. The van der Waals surface area contributed by atoms with Crippen molar-refractivity contribution in [1.82, 2.24) is 5.32 Å². The molecule has 6 heteroatoms. The summed E-state index contributed by atoms with van der Waals surface area (Å²) in [5.41, 5.74) is 0.872.